The molecule has 1 N–H and O–H groups in total. The molecule has 0 atom stereocenters. The number of hydrogen-bond acceptors (Lipinski definition) is 4. The van der Waals surface area contributed by atoms with Gasteiger partial charge in [0.15, 0.2) is 5.82 Å². The van der Waals surface area contributed by atoms with Gasteiger partial charge in [-0.05, 0) is 42.0 Å². The van der Waals surface area contributed by atoms with E-state index in [0.717, 1.165) is 17.1 Å². The molecule has 2 heterocycles. The molecule has 0 bridgehead atoms. The third kappa shape index (κ3) is 4.32. The van der Waals surface area contributed by atoms with Gasteiger partial charge in [-0.3, -0.25) is 4.79 Å². The van der Waals surface area contributed by atoms with Crippen molar-refractivity contribution in [1.29, 1.82) is 0 Å². The van der Waals surface area contributed by atoms with Crippen LogP contribution in [0.15, 0.2) is 54.9 Å². The highest BCUT2D eigenvalue weighted by Crippen LogP contribution is 2.21. The van der Waals surface area contributed by atoms with Gasteiger partial charge >= 0.3 is 0 Å². The number of rotatable bonds is 6. The summed E-state index contributed by atoms with van der Waals surface area (Å²) in [7, 11) is 0. The highest BCUT2D eigenvalue weighted by Gasteiger charge is 2.16. The van der Waals surface area contributed by atoms with E-state index < -0.39 is 0 Å². The molecule has 6 heteroatoms. The Kier molecular flexibility index (Phi) is 5.73. The number of nitrogens with zero attached hydrogens (tertiary/aromatic N) is 3. The highest BCUT2D eigenvalue weighted by molar-refractivity contribution is 7.99. The second kappa shape index (κ2) is 8.19. The molecule has 0 aliphatic heterocycles. The maximum absolute atomic E-state index is 12.7. The number of carbonyl (C=O) groups excluding carboxylic acids is 1. The Morgan fingerprint density at radius 2 is 2.08 bits per heavy atom. The molecule has 0 radical (unpaired) electrons. The summed E-state index contributed by atoms with van der Waals surface area (Å²) in [6.45, 7) is 6.23. The molecule has 1 amide bonds. The van der Waals surface area contributed by atoms with Gasteiger partial charge in [0.05, 0.1) is 17.5 Å². The lowest BCUT2D eigenvalue weighted by molar-refractivity contribution is 0.102. The van der Waals surface area contributed by atoms with Crippen molar-refractivity contribution in [3.63, 3.8) is 0 Å². The zero-order valence-corrected chi connectivity index (χ0v) is 16.0. The van der Waals surface area contributed by atoms with Gasteiger partial charge in [0.2, 0.25) is 0 Å². The van der Waals surface area contributed by atoms with E-state index in [4.69, 9.17) is 0 Å². The quantitative estimate of drug-likeness (QED) is 0.699. The summed E-state index contributed by atoms with van der Waals surface area (Å²) in [4.78, 5) is 16.9. The molecular weight excluding hydrogens is 344 g/mol. The lowest BCUT2D eigenvalue weighted by atomic mass is 10.2. The first-order chi connectivity index (χ1) is 12.5. The van der Waals surface area contributed by atoms with Gasteiger partial charge in [-0.2, -0.15) is 16.9 Å². The summed E-state index contributed by atoms with van der Waals surface area (Å²) >= 11 is 1.88. The lowest BCUT2D eigenvalue weighted by Gasteiger charge is -2.09. The number of thioether (sulfide) groups is 1. The second-order valence-electron chi connectivity index (χ2n) is 6.26. The molecule has 3 aromatic rings. The van der Waals surface area contributed by atoms with Crippen LogP contribution in [0.3, 0.4) is 0 Å². The number of amides is 1. The summed E-state index contributed by atoms with van der Waals surface area (Å²) in [6.07, 6.45) is 3.29. The number of anilines is 1. The summed E-state index contributed by atoms with van der Waals surface area (Å²) in [5, 5.41) is 7.85. The fraction of sp³-hybridized carbons (Fsp3) is 0.250. The molecule has 0 aliphatic carbocycles. The highest BCUT2D eigenvalue weighted by atomic mass is 32.2. The molecule has 2 aromatic heterocycles. The number of nitrogens with one attached hydrogen (secondary N) is 1. The van der Waals surface area contributed by atoms with Crippen molar-refractivity contribution in [2.45, 2.75) is 31.8 Å². The van der Waals surface area contributed by atoms with Crippen LogP contribution >= 0.6 is 11.8 Å². The average Bonchev–Trinajstić information content (AvgIpc) is 3.02. The lowest BCUT2D eigenvalue weighted by Crippen LogP contribution is -2.13. The molecule has 3 rings (SSSR count). The molecule has 0 fully saturated rings. The zero-order valence-electron chi connectivity index (χ0n) is 15.1. The van der Waals surface area contributed by atoms with Gasteiger partial charge in [-0.15, -0.1) is 0 Å². The third-order valence-electron chi connectivity index (χ3n) is 3.89. The predicted octanol–water partition coefficient (Wildman–Crippen LogP) is 4.47. The number of aromatic nitrogens is 3. The number of pyridine rings is 1. The van der Waals surface area contributed by atoms with Crippen molar-refractivity contribution >= 4 is 23.4 Å². The molecule has 26 heavy (non-hydrogen) atoms. The Morgan fingerprint density at radius 3 is 2.81 bits per heavy atom. The van der Waals surface area contributed by atoms with Gasteiger partial charge in [0, 0.05) is 17.6 Å². The first kappa shape index (κ1) is 18.2. The molecular formula is C20H22N4OS. The van der Waals surface area contributed by atoms with Crippen LogP contribution in [0, 0.1) is 6.92 Å². The van der Waals surface area contributed by atoms with Crippen LogP contribution in [0.1, 0.15) is 35.5 Å². The Bertz CT molecular complexity index is 890. The van der Waals surface area contributed by atoms with Crippen molar-refractivity contribution in [3.05, 3.63) is 71.7 Å². The minimum atomic E-state index is -0.168. The maximum atomic E-state index is 12.7. The van der Waals surface area contributed by atoms with Gasteiger partial charge in [0.1, 0.15) is 0 Å². The Hall–Kier alpha value is -2.60. The Labute approximate surface area is 157 Å². The molecule has 5 nitrogen and oxygen atoms in total. The van der Waals surface area contributed by atoms with E-state index >= 15 is 0 Å². The Balaban J connectivity index is 1.75. The predicted molar refractivity (Wildman–Crippen MR) is 107 cm³/mol. The first-order valence-corrected chi connectivity index (χ1v) is 9.57. The second-order valence-corrected chi connectivity index (χ2v) is 7.82. The standard InChI is InChI=1S/C20H22N4OS/c1-14(2)26-13-16-7-6-8-17(11-16)23-20(25)18-12-22-24(15(18)3)19-9-4-5-10-21-19/h4-12,14H,13H2,1-3H3,(H,23,25). The number of carbonyl (C=O) groups is 1. The monoisotopic (exact) mass is 366 g/mol. The van der Waals surface area contributed by atoms with E-state index in [1.54, 1.807) is 17.1 Å². The summed E-state index contributed by atoms with van der Waals surface area (Å²) in [5.41, 5.74) is 3.29. The average molecular weight is 366 g/mol. The fourth-order valence-corrected chi connectivity index (χ4v) is 3.25. The van der Waals surface area contributed by atoms with Gasteiger partial charge < -0.3 is 5.32 Å². The van der Waals surface area contributed by atoms with E-state index in [-0.39, 0.29) is 5.91 Å². The smallest absolute Gasteiger partial charge is 0.259 e. The van der Waals surface area contributed by atoms with Crippen LogP contribution in [0.25, 0.3) is 5.82 Å². The van der Waals surface area contributed by atoms with Gasteiger partial charge in [-0.1, -0.05) is 32.0 Å². The minimum Gasteiger partial charge on any atom is -0.322 e. The van der Waals surface area contributed by atoms with E-state index in [2.05, 4.69) is 35.3 Å². The molecule has 1 aromatic carbocycles. The van der Waals surface area contributed by atoms with Crippen molar-refractivity contribution in [3.8, 4) is 5.82 Å². The van der Waals surface area contributed by atoms with Crippen molar-refractivity contribution < 1.29 is 4.79 Å². The molecule has 0 aliphatic rings. The maximum Gasteiger partial charge on any atom is 0.259 e. The normalized spacial score (nSPS) is 10.9. The third-order valence-corrected chi connectivity index (χ3v) is 5.06. The Morgan fingerprint density at radius 1 is 1.23 bits per heavy atom. The van der Waals surface area contributed by atoms with Crippen LogP contribution in [0.2, 0.25) is 0 Å². The number of benzene rings is 1. The molecule has 0 spiro atoms. The summed E-state index contributed by atoms with van der Waals surface area (Å²) in [5.74, 6) is 1.45. The zero-order chi connectivity index (χ0) is 18.5. The topological polar surface area (TPSA) is 59.8 Å². The SMILES string of the molecule is Cc1c(C(=O)Nc2cccc(CSC(C)C)c2)cnn1-c1ccccn1. The van der Waals surface area contributed by atoms with Gasteiger partial charge in [0.25, 0.3) is 5.91 Å². The van der Waals surface area contributed by atoms with Crippen LogP contribution in [0.5, 0.6) is 0 Å². The molecule has 0 saturated carbocycles. The van der Waals surface area contributed by atoms with E-state index in [1.807, 2.05) is 55.1 Å². The van der Waals surface area contributed by atoms with Crippen molar-refractivity contribution in [2.24, 2.45) is 0 Å². The van der Waals surface area contributed by atoms with Crippen LogP contribution < -0.4 is 5.32 Å². The van der Waals surface area contributed by atoms with Crippen molar-refractivity contribution in [1.82, 2.24) is 14.8 Å². The molecule has 0 saturated heterocycles. The number of hydrogen-bond donors (Lipinski definition) is 1. The van der Waals surface area contributed by atoms with E-state index in [1.165, 1.54) is 5.56 Å². The van der Waals surface area contributed by atoms with Crippen LogP contribution in [-0.2, 0) is 5.75 Å². The van der Waals surface area contributed by atoms with Gasteiger partial charge in [-0.25, -0.2) is 9.67 Å². The minimum absolute atomic E-state index is 0.168. The fourth-order valence-electron chi connectivity index (χ4n) is 2.54. The summed E-state index contributed by atoms with van der Waals surface area (Å²) < 4.78 is 1.67. The van der Waals surface area contributed by atoms with Crippen LogP contribution in [0.4, 0.5) is 5.69 Å². The molecule has 0 unspecified atom stereocenters. The van der Waals surface area contributed by atoms with E-state index in [0.29, 0.717) is 16.6 Å². The largest absolute Gasteiger partial charge is 0.322 e. The van der Waals surface area contributed by atoms with Crippen molar-refractivity contribution in [2.75, 3.05) is 5.32 Å². The van der Waals surface area contributed by atoms with Crippen LogP contribution in [-0.4, -0.2) is 25.9 Å². The summed E-state index contributed by atoms with van der Waals surface area (Å²) in [6, 6.07) is 13.6. The molecule has 134 valence electrons. The first-order valence-electron chi connectivity index (χ1n) is 8.52. The van der Waals surface area contributed by atoms with E-state index in [9.17, 15) is 4.79 Å².